The molecule has 0 N–H and O–H groups in total. The van der Waals surface area contributed by atoms with Crippen molar-refractivity contribution < 1.29 is 9.59 Å². The summed E-state index contributed by atoms with van der Waals surface area (Å²) < 4.78 is 0. The van der Waals surface area contributed by atoms with Crippen molar-refractivity contribution in [2.24, 2.45) is 5.41 Å². The first-order valence-electron chi connectivity index (χ1n) is 6.40. The highest BCUT2D eigenvalue weighted by Gasteiger charge is 2.37. The molecule has 0 aromatic heterocycles. The van der Waals surface area contributed by atoms with E-state index in [0.717, 1.165) is 32.1 Å². The van der Waals surface area contributed by atoms with Gasteiger partial charge in [-0.1, -0.05) is 27.2 Å². The van der Waals surface area contributed by atoms with Crippen molar-refractivity contribution >= 4 is 11.8 Å². The fourth-order valence-electron chi connectivity index (χ4n) is 2.33. The molecule has 1 heterocycles. The Hall–Kier alpha value is -0.860. The summed E-state index contributed by atoms with van der Waals surface area (Å²) >= 11 is 0. The fraction of sp³-hybridized carbons (Fsp3) is 0.846. The van der Waals surface area contributed by atoms with E-state index in [1.807, 2.05) is 13.8 Å². The maximum atomic E-state index is 12.4. The van der Waals surface area contributed by atoms with Crippen LogP contribution in [-0.2, 0) is 9.59 Å². The Bertz CT molecular complexity index is 275. The van der Waals surface area contributed by atoms with Crippen molar-refractivity contribution in [3.8, 4) is 0 Å². The Morgan fingerprint density at radius 1 is 1.38 bits per heavy atom. The predicted octanol–water partition coefficient (Wildman–Crippen LogP) is 2.74. The Morgan fingerprint density at radius 2 is 2.06 bits per heavy atom. The molecule has 1 fully saturated rings. The van der Waals surface area contributed by atoms with Gasteiger partial charge in [0.2, 0.25) is 11.8 Å². The number of amides is 2. The van der Waals surface area contributed by atoms with Crippen molar-refractivity contribution in [1.82, 2.24) is 4.90 Å². The van der Waals surface area contributed by atoms with Crippen LogP contribution in [0.1, 0.15) is 59.3 Å². The normalized spacial score (nSPS) is 20.7. The average Bonchev–Trinajstić information content (AvgIpc) is 2.29. The first-order chi connectivity index (χ1) is 7.55. The van der Waals surface area contributed by atoms with E-state index in [-0.39, 0.29) is 17.2 Å². The van der Waals surface area contributed by atoms with Crippen LogP contribution in [0.2, 0.25) is 0 Å². The lowest BCUT2D eigenvalue weighted by Gasteiger charge is -2.34. The van der Waals surface area contributed by atoms with Gasteiger partial charge in [-0.3, -0.25) is 14.5 Å². The van der Waals surface area contributed by atoms with Gasteiger partial charge in [0, 0.05) is 18.4 Å². The summed E-state index contributed by atoms with van der Waals surface area (Å²) in [6, 6.07) is 0. The van der Waals surface area contributed by atoms with Crippen molar-refractivity contribution in [2.75, 3.05) is 6.54 Å². The lowest BCUT2D eigenvalue weighted by atomic mass is 9.81. The smallest absolute Gasteiger partial charge is 0.235 e. The lowest BCUT2D eigenvalue weighted by molar-refractivity contribution is -0.153. The molecule has 0 aromatic carbocycles. The van der Waals surface area contributed by atoms with Crippen LogP contribution in [-0.4, -0.2) is 23.3 Å². The molecule has 2 amide bonds. The molecular formula is C13H23NO2. The van der Waals surface area contributed by atoms with Gasteiger partial charge in [-0.2, -0.15) is 0 Å². The van der Waals surface area contributed by atoms with Gasteiger partial charge in [0.05, 0.1) is 0 Å². The number of carbonyl (C=O) groups excluding carboxylic acids is 2. The molecule has 1 unspecified atom stereocenters. The topological polar surface area (TPSA) is 37.4 Å². The molecule has 0 radical (unpaired) electrons. The zero-order chi connectivity index (χ0) is 12.2. The zero-order valence-corrected chi connectivity index (χ0v) is 10.7. The minimum absolute atomic E-state index is 0.0204. The summed E-state index contributed by atoms with van der Waals surface area (Å²) in [4.78, 5) is 25.6. The van der Waals surface area contributed by atoms with Crippen LogP contribution in [0.25, 0.3) is 0 Å². The van der Waals surface area contributed by atoms with Gasteiger partial charge < -0.3 is 0 Å². The Kier molecular flexibility index (Phi) is 4.51. The first-order valence-corrected chi connectivity index (χ1v) is 6.40. The zero-order valence-electron chi connectivity index (χ0n) is 10.7. The maximum absolute atomic E-state index is 12.4. The Balaban J connectivity index is 2.77. The van der Waals surface area contributed by atoms with Crippen LogP contribution in [0.3, 0.4) is 0 Å². The molecular weight excluding hydrogens is 202 g/mol. The molecule has 1 aliphatic rings. The van der Waals surface area contributed by atoms with E-state index in [0.29, 0.717) is 13.0 Å². The van der Waals surface area contributed by atoms with Gasteiger partial charge in [-0.05, 0) is 25.7 Å². The van der Waals surface area contributed by atoms with Crippen molar-refractivity contribution in [3.63, 3.8) is 0 Å². The van der Waals surface area contributed by atoms with E-state index in [1.165, 1.54) is 4.90 Å². The second-order valence-electron chi connectivity index (χ2n) is 4.97. The van der Waals surface area contributed by atoms with Crippen LogP contribution in [0.15, 0.2) is 0 Å². The highest BCUT2D eigenvalue weighted by atomic mass is 16.2. The molecule has 0 bridgehead atoms. The third-order valence-corrected chi connectivity index (χ3v) is 3.67. The van der Waals surface area contributed by atoms with E-state index >= 15 is 0 Å². The summed E-state index contributed by atoms with van der Waals surface area (Å²) in [7, 11) is 0. The predicted molar refractivity (Wildman–Crippen MR) is 63.9 cm³/mol. The number of likely N-dealkylation sites (tertiary alicyclic amines) is 1. The van der Waals surface area contributed by atoms with Crippen LogP contribution in [0.5, 0.6) is 0 Å². The summed E-state index contributed by atoms with van der Waals surface area (Å²) in [6.45, 7) is 6.72. The monoisotopic (exact) mass is 225 g/mol. The number of imide groups is 1. The van der Waals surface area contributed by atoms with Crippen LogP contribution in [0.4, 0.5) is 0 Å². The SMILES string of the molecule is CCCC(C)(CC)C(=O)N1CCCCC1=O. The van der Waals surface area contributed by atoms with E-state index in [2.05, 4.69) is 6.92 Å². The van der Waals surface area contributed by atoms with Crippen LogP contribution >= 0.6 is 0 Å². The number of hydrogen-bond acceptors (Lipinski definition) is 2. The molecule has 1 atom stereocenters. The molecule has 1 rings (SSSR count). The number of nitrogens with zero attached hydrogens (tertiary/aromatic N) is 1. The third-order valence-electron chi connectivity index (χ3n) is 3.67. The van der Waals surface area contributed by atoms with Gasteiger partial charge in [-0.15, -0.1) is 0 Å². The number of carbonyl (C=O) groups is 2. The molecule has 1 saturated heterocycles. The number of hydrogen-bond donors (Lipinski definition) is 0. The molecule has 16 heavy (non-hydrogen) atoms. The molecule has 0 aromatic rings. The van der Waals surface area contributed by atoms with Crippen LogP contribution in [0, 0.1) is 5.41 Å². The summed E-state index contributed by atoms with van der Waals surface area (Å²) in [5.74, 6) is 0.0635. The second kappa shape index (κ2) is 5.46. The second-order valence-corrected chi connectivity index (χ2v) is 4.97. The van der Waals surface area contributed by atoms with Gasteiger partial charge in [0.1, 0.15) is 0 Å². The van der Waals surface area contributed by atoms with E-state index in [1.54, 1.807) is 0 Å². The minimum atomic E-state index is -0.345. The third kappa shape index (κ3) is 2.63. The molecule has 3 nitrogen and oxygen atoms in total. The van der Waals surface area contributed by atoms with E-state index in [9.17, 15) is 9.59 Å². The molecule has 3 heteroatoms. The summed E-state index contributed by atoms with van der Waals surface area (Å²) in [6.07, 6.45) is 5.09. The first kappa shape index (κ1) is 13.2. The van der Waals surface area contributed by atoms with Gasteiger partial charge in [-0.25, -0.2) is 0 Å². The largest absolute Gasteiger partial charge is 0.282 e. The Morgan fingerprint density at radius 3 is 2.56 bits per heavy atom. The molecule has 0 aliphatic carbocycles. The average molecular weight is 225 g/mol. The standard InChI is InChI=1S/C13H23NO2/c1-4-9-13(3,5-2)12(16)14-10-7-6-8-11(14)15/h4-10H2,1-3H3. The van der Waals surface area contributed by atoms with E-state index < -0.39 is 0 Å². The van der Waals surface area contributed by atoms with E-state index in [4.69, 9.17) is 0 Å². The summed E-state index contributed by atoms with van der Waals surface area (Å²) in [5.41, 5.74) is -0.345. The molecule has 1 aliphatic heterocycles. The highest BCUT2D eigenvalue weighted by molar-refractivity contribution is 5.98. The molecule has 0 spiro atoms. The molecule has 0 saturated carbocycles. The van der Waals surface area contributed by atoms with Gasteiger partial charge in [0.15, 0.2) is 0 Å². The number of rotatable bonds is 4. The van der Waals surface area contributed by atoms with Crippen molar-refractivity contribution in [3.05, 3.63) is 0 Å². The maximum Gasteiger partial charge on any atom is 0.235 e. The highest BCUT2D eigenvalue weighted by Crippen LogP contribution is 2.31. The number of piperidine rings is 1. The lowest BCUT2D eigenvalue weighted by Crippen LogP contribution is -2.47. The van der Waals surface area contributed by atoms with Gasteiger partial charge >= 0.3 is 0 Å². The van der Waals surface area contributed by atoms with Crippen molar-refractivity contribution in [2.45, 2.75) is 59.3 Å². The Labute approximate surface area is 98.2 Å². The summed E-state index contributed by atoms with van der Waals surface area (Å²) in [5, 5.41) is 0. The minimum Gasteiger partial charge on any atom is -0.282 e. The molecule has 92 valence electrons. The van der Waals surface area contributed by atoms with Crippen LogP contribution < -0.4 is 0 Å². The van der Waals surface area contributed by atoms with Crippen molar-refractivity contribution in [1.29, 1.82) is 0 Å². The van der Waals surface area contributed by atoms with Gasteiger partial charge in [0.25, 0.3) is 0 Å². The quantitative estimate of drug-likeness (QED) is 0.737. The fourth-order valence-corrected chi connectivity index (χ4v) is 2.33.